The lowest BCUT2D eigenvalue weighted by molar-refractivity contribution is 0.0600. The molecule has 5 nitrogen and oxygen atoms in total. The number of benzene rings is 1. The molecule has 0 aliphatic rings. The minimum absolute atomic E-state index is 0.164. The molecule has 0 atom stereocenters. The molecule has 0 amide bonds. The Balaban J connectivity index is 2.38. The number of nitrogens with zero attached hydrogens (tertiary/aromatic N) is 2. The van der Waals surface area contributed by atoms with Gasteiger partial charge in [-0.3, -0.25) is 4.79 Å². The van der Waals surface area contributed by atoms with Gasteiger partial charge in [-0.1, -0.05) is 12.1 Å². The highest BCUT2D eigenvalue weighted by Gasteiger charge is 2.11. The SMILES string of the molecule is COC(=O)c1ccc(Cn2c(C)cc(C)c(C#N)c2=O)cc1. The lowest BCUT2D eigenvalue weighted by Gasteiger charge is -2.12. The van der Waals surface area contributed by atoms with Crippen LogP contribution < -0.4 is 5.56 Å². The van der Waals surface area contributed by atoms with Crippen LogP contribution in [0.15, 0.2) is 35.1 Å². The molecule has 0 saturated carbocycles. The molecule has 0 saturated heterocycles. The lowest BCUT2D eigenvalue weighted by Crippen LogP contribution is -2.26. The number of rotatable bonds is 3. The molecular weight excluding hydrogens is 280 g/mol. The normalized spacial score (nSPS) is 10.1. The quantitative estimate of drug-likeness (QED) is 0.814. The van der Waals surface area contributed by atoms with Crippen LogP contribution in [0.3, 0.4) is 0 Å². The van der Waals surface area contributed by atoms with E-state index in [0.717, 1.165) is 11.3 Å². The van der Waals surface area contributed by atoms with E-state index in [4.69, 9.17) is 5.26 Å². The van der Waals surface area contributed by atoms with E-state index >= 15 is 0 Å². The fraction of sp³-hybridized carbons (Fsp3) is 0.235. The van der Waals surface area contributed by atoms with Crippen molar-refractivity contribution >= 4 is 5.97 Å². The summed E-state index contributed by atoms with van der Waals surface area (Å²) in [5.74, 6) is -0.401. The first kappa shape index (κ1) is 15.5. The Morgan fingerprint density at radius 3 is 2.45 bits per heavy atom. The van der Waals surface area contributed by atoms with E-state index < -0.39 is 5.97 Å². The fourth-order valence-electron chi connectivity index (χ4n) is 2.31. The Morgan fingerprint density at radius 2 is 1.91 bits per heavy atom. The molecule has 0 aliphatic carbocycles. The van der Waals surface area contributed by atoms with E-state index in [1.165, 1.54) is 7.11 Å². The Kier molecular flexibility index (Phi) is 4.42. The molecule has 112 valence electrons. The van der Waals surface area contributed by atoms with Gasteiger partial charge in [0.15, 0.2) is 0 Å². The van der Waals surface area contributed by atoms with Gasteiger partial charge in [0.05, 0.1) is 19.2 Å². The minimum atomic E-state index is -0.401. The smallest absolute Gasteiger partial charge is 0.337 e. The maximum Gasteiger partial charge on any atom is 0.337 e. The topological polar surface area (TPSA) is 72.1 Å². The number of methoxy groups -OCH3 is 1. The van der Waals surface area contributed by atoms with Crippen LogP contribution in [0.5, 0.6) is 0 Å². The summed E-state index contributed by atoms with van der Waals surface area (Å²) in [6.07, 6.45) is 0. The average molecular weight is 296 g/mol. The second-order valence-electron chi connectivity index (χ2n) is 5.04. The van der Waals surface area contributed by atoms with Crippen molar-refractivity contribution in [3.63, 3.8) is 0 Å². The Morgan fingerprint density at radius 1 is 1.27 bits per heavy atom. The van der Waals surface area contributed by atoms with Crippen LogP contribution in [-0.2, 0) is 11.3 Å². The first-order chi connectivity index (χ1) is 10.5. The summed E-state index contributed by atoms with van der Waals surface area (Å²) in [5.41, 5.74) is 2.66. The van der Waals surface area contributed by atoms with Gasteiger partial charge in [-0.25, -0.2) is 4.79 Å². The van der Waals surface area contributed by atoms with Gasteiger partial charge in [0, 0.05) is 5.69 Å². The molecule has 22 heavy (non-hydrogen) atoms. The molecular formula is C17H16N2O3. The van der Waals surface area contributed by atoms with Gasteiger partial charge < -0.3 is 9.30 Å². The third kappa shape index (κ3) is 2.91. The predicted octanol–water partition coefficient (Wildman–Crippen LogP) is 2.17. The summed E-state index contributed by atoms with van der Waals surface area (Å²) < 4.78 is 6.20. The maximum atomic E-state index is 12.3. The number of pyridine rings is 1. The largest absolute Gasteiger partial charge is 0.465 e. The molecule has 0 N–H and O–H groups in total. The monoisotopic (exact) mass is 296 g/mol. The van der Waals surface area contributed by atoms with Gasteiger partial charge in [-0.05, 0) is 43.2 Å². The van der Waals surface area contributed by atoms with Crippen molar-refractivity contribution in [2.24, 2.45) is 0 Å². The number of carbonyl (C=O) groups is 1. The standard InChI is InChI=1S/C17H16N2O3/c1-11-8-12(2)19(16(20)15(11)9-18)10-13-4-6-14(7-5-13)17(21)22-3/h4-8H,10H2,1-3H3. The zero-order valence-electron chi connectivity index (χ0n) is 12.7. The summed E-state index contributed by atoms with van der Waals surface area (Å²) in [6.45, 7) is 3.93. The molecule has 0 bridgehead atoms. The number of aromatic nitrogens is 1. The van der Waals surface area contributed by atoms with Gasteiger partial charge in [-0.15, -0.1) is 0 Å². The van der Waals surface area contributed by atoms with Crippen LogP contribution >= 0.6 is 0 Å². The molecule has 0 unspecified atom stereocenters. The van der Waals surface area contributed by atoms with E-state index in [1.54, 1.807) is 35.8 Å². The second-order valence-corrected chi connectivity index (χ2v) is 5.04. The van der Waals surface area contributed by atoms with Gasteiger partial charge in [0.1, 0.15) is 11.6 Å². The third-order valence-corrected chi connectivity index (χ3v) is 3.53. The zero-order chi connectivity index (χ0) is 16.3. The first-order valence-corrected chi connectivity index (χ1v) is 6.76. The highest BCUT2D eigenvalue weighted by Crippen LogP contribution is 2.10. The third-order valence-electron chi connectivity index (χ3n) is 3.53. The van der Waals surface area contributed by atoms with E-state index in [0.29, 0.717) is 17.7 Å². The van der Waals surface area contributed by atoms with E-state index in [-0.39, 0.29) is 11.1 Å². The van der Waals surface area contributed by atoms with Crippen LogP contribution in [0.4, 0.5) is 0 Å². The molecule has 2 rings (SSSR count). The summed E-state index contributed by atoms with van der Waals surface area (Å²) in [5, 5.41) is 9.09. The first-order valence-electron chi connectivity index (χ1n) is 6.76. The Hall–Kier alpha value is -2.87. The summed E-state index contributed by atoms with van der Waals surface area (Å²) in [7, 11) is 1.33. The Labute approximate surface area is 128 Å². The zero-order valence-corrected chi connectivity index (χ0v) is 12.7. The van der Waals surface area contributed by atoms with Gasteiger partial charge in [0.2, 0.25) is 0 Å². The number of nitriles is 1. The van der Waals surface area contributed by atoms with E-state index in [2.05, 4.69) is 4.74 Å². The van der Waals surface area contributed by atoms with Crippen LogP contribution in [-0.4, -0.2) is 17.6 Å². The number of hydrogen-bond acceptors (Lipinski definition) is 4. The molecule has 0 fully saturated rings. The van der Waals surface area contributed by atoms with Crippen LogP contribution in [0.2, 0.25) is 0 Å². The molecule has 0 aliphatic heterocycles. The van der Waals surface area contributed by atoms with Crippen molar-refractivity contribution in [2.45, 2.75) is 20.4 Å². The van der Waals surface area contributed by atoms with Crippen molar-refractivity contribution in [2.75, 3.05) is 7.11 Å². The lowest BCUT2D eigenvalue weighted by atomic mass is 10.1. The van der Waals surface area contributed by atoms with Crippen LogP contribution in [0, 0.1) is 25.2 Å². The fourth-order valence-corrected chi connectivity index (χ4v) is 2.31. The molecule has 1 aromatic carbocycles. The average Bonchev–Trinajstić information content (AvgIpc) is 2.51. The predicted molar refractivity (Wildman–Crippen MR) is 81.8 cm³/mol. The van der Waals surface area contributed by atoms with E-state index in [9.17, 15) is 9.59 Å². The molecule has 0 spiro atoms. The van der Waals surface area contributed by atoms with Crippen molar-refractivity contribution in [1.29, 1.82) is 5.26 Å². The van der Waals surface area contributed by atoms with Gasteiger partial charge in [0.25, 0.3) is 5.56 Å². The van der Waals surface area contributed by atoms with E-state index in [1.807, 2.05) is 19.1 Å². The Bertz CT molecular complexity index is 812. The highest BCUT2D eigenvalue weighted by atomic mass is 16.5. The molecule has 1 heterocycles. The van der Waals surface area contributed by atoms with Gasteiger partial charge >= 0.3 is 5.97 Å². The second kappa shape index (κ2) is 6.27. The molecule has 1 aromatic heterocycles. The molecule has 0 radical (unpaired) electrons. The van der Waals surface area contributed by atoms with Crippen molar-refractivity contribution in [3.05, 3.63) is 68.6 Å². The number of carbonyl (C=O) groups excluding carboxylic acids is 1. The minimum Gasteiger partial charge on any atom is -0.465 e. The van der Waals surface area contributed by atoms with Crippen molar-refractivity contribution in [3.8, 4) is 6.07 Å². The van der Waals surface area contributed by atoms with Crippen molar-refractivity contribution in [1.82, 2.24) is 4.57 Å². The number of aryl methyl sites for hydroxylation is 2. The number of esters is 1. The maximum absolute atomic E-state index is 12.3. The van der Waals surface area contributed by atoms with Crippen molar-refractivity contribution < 1.29 is 9.53 Å². The van der Waals surface area contributed by atoms with Crippen LogP contribution in [0.25, 0.3) is 0 Å². The number of ether oxygens (including phenoxy) is 1. The van der Waals surface area contributed by atoms with Crippen LogP contribution in [0.1, 0.15) is 32.7 Å². The highest BCUT2D eigenvalue weighted by molar-refractivity contribution is 5.89. The van der Waals surface area contributed by atoms with Gasteiger partial charge in [-0.2, -0.15) is 5.26 Å². The summed E-state index contributed by atoms with van der Waals surface area (Å²) in [4.78, 5) is 23.7. The summed E-state index contributed by atoms with van der Waals surface area (Å²) in [6, 6.07) is 10.6. The number of hydrogen-bond donors (Lipinski definition) is 0. The molecule has 2 aromatic rings. The summed E-state index contributed by atoms with van der Waals surface area (Å²) >= 11 is 0. The molecule has 5 heteroatoms.